The fourth-order valence-electron chi connectivity index (χ4n) is 4.61. The molecule has 178 valence electrons. The first-order chi connectivity index (χ1) is 16.5. The van der Waals surface area contributed by atoms with Gasteiger partial charge in [0.15, 0.2) is 11.5 Å². The number of carbonyl (C=O) groups excluding carboxylic acids is 1. The van der Waals surface area contributed by atoms with E-state index in [1.165, 1.54) is 18.5 Å². The van der Waals surface area contributed by atoms with Crippen LogP contribution in [0.3, 0.4) is 0 Å². The van der Waals surface area contributed by atoms with Crippen molar-refractivity contribution in [1.82, 2.24) is 20.2 Å². The number of hydrogen-bond donors (Lipinski definition) is 2. The maximum absolute atomic E-state index is 13.5. The molecule has 34 heavy (non-hydrogen) atoms. The number of anilines is 2. The number of nitrogens with one attached hydrogen (secondary N) is 2. The summed E-state index contributed by atoms with van der Waals surface area (Å²) in [7, 11) is 1.60. The van der Waals surface area contributed by atoms with E-state index in [4.69, 9.17) is 21.1 Å². The van der Waals surface area contributed by atoms with Crippen LogP contribution in [0.15, 0.2) is 36.7 Å². The minimum atomic E-state index is -0.486. The Bertz CT molecular complexity index is 1220. The van der Waals surface area contributed by atoms with Crippen molar-refractivity contribution in [2.24, 2.45) is 0 Å². The predicted molar refractivity (Wildman–Crippen MR) is 128 cm³/mol. The quantitative estimate of drug-likeness (QED) is 0.517. The van der Waals surface area contributed by atoms with Gasteiger partial charge in [-0.15, -0.1) is 0 Å². The Balaban J connectivity index is 1.36. The maximum atomic E-state index is 13.5. The number of hydrogen-bond acceptors (Lipinski definition) is 6. The molecule has 1 aliphatic heterocycles. The number of rotatable bonds is 6. The van der Waals surface area contributed by atoms with Crippen molar-refractivity contribution in [2.75, 3.05) is 25.5 Å². The van der Waals surface area contributed by atoms with Crippen molar-refractivity contribution in [3.8, 4) is 11.5 Å². The van der Waals surface area contributed by atoms with E-state index in [2.05, 4.69) is 20.6 Å². The second-order valence-corrected chi connectivity index (χ2v) is 8.88. The zero-order valence-corrected chi connectivity index (χ0v) is 19.4. The van der Waals surface area contributed by atoms with Gasteiger partial charge in [-0.3, -0.25) is 0 Å². The van der Waals surface area contributed by atoms with Crippen LogP contribution >= 0.6 is 11.6 Å². The number of halogens is 2. The van der Waals surface area contributed by atoms with Crippen LogP contribution in [0.5, 0.6) is 11.5 Å². The molecule has 0 atom stereocenters. The lowest BCUT2D eigenvalue weighted by molar-refractivity contribution is 0.106. The molecule has 0 radical (unpaired) electrons. The van der Waals surface area contributed by atoms with Crippen LogP contribution < -0.4 is 20.1 Å². The van der Waals surface area contributed by atoms with Gasteiger partial charge in [0, 0.05) is 36.3 Å². The molecule has 1 saturated carbocycles. The summed E-state index contributed by atoms with van der Waals surface area (Å²) in [6, 6.07) is 8.36. The average Bonchev–Trinajstić information content (AvgIpc) is 3.27. The minimum Gasteiger partial charge on any atom is -0.493 e. The number of methoxy groups -OCH3 is 1. The van der Waals surface area contributed by atoms with Crippen molar-refractivity contribution in [2.45, 2.75) is 37.8 Å². The molecule has 0 spiro atoms. The third kappa shape index (κ3) is 4.52. The van der Waals surface area contributed by atoms with Crippen LogP contribution in [-0.2, 0) is 0 Å². The SMILES string of the molecule is COc1cc2ncnc(Nc3ccc(F)c(Cl)c3)c2cc1OC1CCC(N2CCNC2=O)CC1. The molecule has 3 aromatic rings. The summed E-state index contributed by atoms with van der Waals surface area (Å²) >= 11 is 5.92. The number of urea groups is 1. The molecule has 2 aromatic carbocycles. The highest BCUT2D eigenvalue weighted by Gasteiger charge is 2.32. The summed E-state index contributed by atoms with van der Waals surface area (Å²) < 4.78 is 25.5. The van der Waals surface area contributed by atoms with Gasteiger partial charge >= 0.3 is 6.03 Å². The Morgan fingerprint density at radius 1 is 1.15 bits per heavy atom. The number of benzene rings is 2. The lowest BCUT2D eigenvalue weighted by Gasteiger charge is -2.34. The first-order valence-electron chi connectivity index (χ1n) is 11.3. The third-order valence-electron chi connectivity index (χ3n) is 6.37. The van der Waals surface area contributed by atoms with Crippen LogP contribution in [0.1, 0.15) is 25.7 Å². The fraction of sp³-hybridized carbons (Fsp3) is 0.375. The molecule has 2 fully saturated rings. The van der Waals surface area contributed by atoms with Gasteiger partial charge in [0.2, 0.25) is 0 Å². The highest BCUT2D eigenvalue weighted by atomic mass is 35.5. The second kappa shape index (κ2) is 9.50. The topological polar surface area (TPSA) is 88.6 Å². The monoisotopic (exact) mass is 485 g/mol. The first-order valence-corrected chi connectivity index (χ1v) is 11.7. The standard InChI is InChI=1S/C24H25ClFN5O3/c1-33-21-12-20-17(23(29-13-28-20)30-14-2-7-19(26)18(25)10-14)11-22(21)34-16-5-3-15(4-6-16)31-9-8-27-24(31)32/h2,7,10-13,15-16H,3-6,8-9H2,1H3,(H,27,32)(H,28,29,30). The average molecular weight is 486 g/mol. The zero-order valence-electron chi connectivity index (χ0n) is 18.7. The van der Waals surface area contributed by atoms with Gasteiger partial charge in [-0.25, -0.2) is 19.2 Å². The summed E-state index contributed by atoms with van der Waals surface area (Å²) in [5, 5.41) is 6.82. The van der Waals surface area contributed by atoms with E-state index in [1.807, 2.05) is 17.0 Å². The van der Waals surface area contributed by atoms with Crippen LogP contribution in [0, 0.1) is 5.82 Å². The Labute approximate surface area is 201 Å². The van der Waals surface area contributed by atoms with Crippen LogP contribution in [-0.4, -0.2) is 53.2 Å². The molecule has 10 heteroatoms. The number of amides is 2. The maximum Gasteiger partial charge on any atom is 0.317 e. The van der Waals surface area contributed by atoms with Gasteiger partial charge in [0.1, 0.15) is 18.0 Å². The van der Waals surface area contributed by atoms with Crippen LogP contribution in [0.25, 0.3) is 10.9 Å². The minimum absolute atomic E-state index is 0.0187. The summed E-state index contributed by atoms with van der Waals surface area (Å²) in [5.74, 6) is 1.25. The smallest absolute Gasteiger partial charge is 0.317 e. The summed E-state index contributed by atoms with van der Waals surface area (Å²) in [6.45, 7) is 1.48. The third-order valence-corrected chi connectivity index (χ3v) is 6.66. The molecule has 1 aromatic heterocycles. The number of aromatic nitrogens is 2. The summed E-state index contributed by atoms with van der Waals surface area (Å²) in [5.41, 5.74) is 1.28. The molecule has 1 saturated heterocycles. The molecule has 2 heterocycles. The number of fused-ring (bicyclic) bond motifs is 1. The van der Waals surface area contributed by atoms with Crippen molar-refractivity contribution in [3.63, 3.8) is 0 Å². The van der Waals surface area contributed by atoms with Gasteiger partial charge in [-0.2, -0.15) is 0 Å². The van der Waals surface area contributed by atoms with Crippen molar-refractivity contribution >= 4 is 40.0 Å². The van der Waals surface area contributed by atoms with Crippen molar-refractivity contribution in [1.29, 1.82) is 0 Å². The molecule has 5 rings (SSSR count). The first kappa shape index (κ1) is 22.5. The molecule has 0 bridgehead atoms. The highest BCUT2D eigenvalue weighted by molar-refractivity contribution is 6.31. The molecular weight excluding hydrogens is 461 g/mol. The molecule has 2 amide bonds. The molecule has 2 N–H and O–H groups in total. The number of ether oxygens (including phenoxy) is 2. The largest absolute Gasteiger partial charge is 0.493 e. The van der Waals surface area contributed by atoms with E-state index in [0.29, 0.717) is 35.1 Å². The Kier molecular flexibility index (Phi) is 6.28. The lowest BCUT2D eigenvalue weighted by atomic mass is 9.92. The van der Waals surface area contributed by atoms with Gasteiger partial charge in [-0.05, 0) is 49.9 Å². The lowest BCUT2D eigenvalue weighted by Crippen LogP contribution is -2.41. The van der Waals surface area contributed by atoms with Crippen molar-refractivity contribution < 1.29 is 18.7 Å². The molecule has 8 nitrogen and oxygen atoms in total. The Morgan fingerprint density at radius 2 is 1.97 bits per heavy atom. The van der Waals surface area contributed by atoms with Crippen molar-refractivity contribution in [3.05, 3.63) is 47.5 Å². The number of nitrogens with zero attached hydrogens (tertiary/aromatic N) is 3. The Hall–Kier alpha value is -3.33. The van der Waals surface area contributed by atoms with E-state index in [-0.39, 0.29) is 23.2 Å². The van der Waals surface area contributed by atoms with E-state index >= 15 is 0 Å². The van der Waals surface area contributed by atoms with E-state index < -0.39 is 5.82 Å². The zero-order chi connectivity index (χ0) is 23.7. The second-order valence-electron chi connectivity index (χ2n) is 8.47. The van der Waals surface area contributed by atoms with Gasteiger partial charge in [-0.1, -0.05) is 11.6 Å². The molecule has 1 aliphatic carbocycles. The molecule has 0 unspecified atom stereocenters. The van der Waals surface area contributed by atoms with Crippen LogP contribution in [0.4, 0.5) is 20.7 Å². The van der Waals surface area contributed by atoms with Gasteiger partial charge in [0.25, 0.3) is 0 Å². The highest BCUT2D eigenvalue weighted by Crippen LogP contribution is 2.37. The van der Waals surface area contributed by atoms with E-state index in [0.717, 1.165) is 37.6 Å². The van der Waals surface area contributed by atoms with E-state index in [1.54, 1.807) is 13.2 Å². The fourth-order valence-corrected chi connectivity index (χ4v) is 4.80. The van der Waals surface area contributed by atoms with Gasteiger partial charge in [0.05, 0.1) is 23.8 Å². The van der Waals surface area contributed by atoms with Crippen LogP contribution in [0.2, 0.25) is 5.02 Å². The Morgan fingerprint density at radius 3 is 2.68 bits per heavy atom. The summed E-state index contributed by atoms with van der Waals surface area (Å²) in [6.07, 6.45) is 4.96. The predicted octanol–water partition coefficient (Wildman–Crippen LogP) is 4.89. The molecule has 2 aliphatic rings. The molecular formula is C24H25ClFN5O3. The van der Waals surface area contributed by atoms with E-state index in [9.17, 15) is 9.18 Å². The number of carbonyl (C=O) groups is 1. The normalized spacial score (nSPS) is 20.3. The summed E-state index contributed by atoms with van der Waals surface area (Å²) in [4.78, 5) is 22.6. The van der Waals surface area contributed by atoms with Gasteiger partial charge < -0.3 is 25.0 Å².